The molecule has 5 nitrogen and oxygen atoms in total. The van der Waals surface area contributed by atoms with E-state index in [1.54, 1.807) is 24.3 Å². The van der Waals surface area contributed by atoms with Gasteiger partial charge in [-0.2, -0.15) is 0 Å². The number of carbonyl (C=O) groups is 1. The smallest absolute Gasteiger partial charge is 0.224 e. The van der Waals surface area contributed by atoms with Crippen molar-refractivity contribution in [2.75, 3.05) is 17.2 Å². The molecule has 1 N–H and O–H groups in total. The second kappa shape index (κ2) is 8.42. The maximum absolute atomic E-state index is 13.5. The Kier molecular flexibility index (Phi) is 5.83. The fourth-order valence-corrected chi connectivity index (χ4v) is 4.34. The van der Waals surface area contributed by atoms with E-state index in [4.69, 9.17) is 4.98 Å². The van der Waals surface area contributed by atoms with Crippen LogP contribution in [0.5, 0.6) is 0 Å². The molecule has 2 aromatic carbocycles. The van der Waals surface area contributed by atoms with Crippen molar-refractivity contribution in [2.45, 2.75) is 32.4 Å². The van der Waals surface area contributed by atoms with Gasteiger partial charge in [0.25, 0.3) is 0 Å². The first kappa shape index (κ1) is 21.5. The Bertz CT molecular complexity index is 1090. The molecule has 1 aliphatic rings. The highest BCUT2D eigenvalue weighted by Crippen LogP contribution is 2.39. The van der Waals surface area contributed by atoms with Crippen LogP contribution in [-0.4, -0.2) is 32.2 Å². The van der Waals surface area contributed by atoms with E-state index < -0.39 is 5.54 Å². The van der Waals surface area contributed by atoms with Gasteiger partial charge in [0.15, 0.2) is 0 Å². The maximum Gasteiger partial charge on any atom is 0.224 e. The first-order chi connectivity index (χ1) is 14.8. The summed E-state index contributed by atoms with van der Waals surface area (Å²) in [6.45, 7) is 5.06. The van der Waals surface area contributed by atoms with Gasteiger partial charge in [-0.25, -0.2) is 13.8 Å². The van der Waals surface area contributed by atoms with E-state index in [1.165, 1.54) is 24.3 Å². The number of fused-ring (bicyclic) bond motifs is 1. The lowest BCUT2D eigenvalue weighted by Gasteiger charge is -2.42. The molecule has 1 amide bonds. The van der Waals surface area contributed by atoms with Gasteiger partial charge in [-0.3, -0.25) is 4.79 Å². The highest BCUT2D eigenvalue weighted by molar-refractivity contribution is 9.09. The van der Waals surface area contributed by atoms with Crippen molar-refractivity contribution >= 4 is 33.3 Å². The lowest BCUT2D eigenvalue weighted by molar-refractivity contribution is -0.138. The van der Waals surface area contributed by atoms with Crippen LogP contribution in [0.4, 0.5) is 20.3 Å². The number of rotatable bonds is 5. The minimum Gasteiger partial charge on any atom is -0.340 e. The molecule has 162 valence electrons. The topological polar surface area (TPSA) is 50.2 Å². The molecule has 0 saturated heterocycles. The first-order valence-corrected chi connectivity index (χ1v) is 11.2. The van der Waals surface area contributed by atoms with E-state index >= 15 is 0 Å². The van der Waals surface area contributed by atoms with Crippen LogP contribution in [0.25, 0.3) is 11.3 Å². The molecular formula is C23H23BrF2N4O. The SMILES string of the molecule is CC1(C)c2nc(-c3ccc(F)cc3)c(Nc3ccc(F)cc3)n2CCN1C(=O)CCBr. The number of hydrogen-bond donors (Lipinski definition) is 1. The monoisotopic (exact) mass is 488 g/mol. The highest BCUT2D eigenvalue weighted by Gasteiger charge is 2.41. The van der Waals surface area contributed by atoms with Crippen molar-refractivity contribution in [3.8, 4) is 11.3 Å². The van der Waals surface area contributed by atoms with Crippen LogP contribution in [0.3, 0.4) is 0 Å². The van der Waals surface area contributed by atoms with E-state index in [1.807, 2.05) is 18.7 Å². The number of anilines is 2. The normalized spacial score (nSPS) is 14.9. The van der Waals surface area contributed by atoms with E-state index in [-0.39, 0.29) is 17.5 Å². The summed E-state index contributed by atoms with van der Waals surface area (Å²) in [5.41, 5.74) is 1.49. The van der Waals surface area contributed by atoms with Crippen LogP contribution >= 0.6 is 15.9 Å². The second-order valence-electron chi connectivity index (χ2n) is 7.97. The summed E-state index contributed by atoms with van der Waals surface area (Å²) in [6.07, 6.45) is 0.412. The van der Waals surface area contributed by atoms with Gasteiger partial charge in [-0.05, 0) is 62.4 Å². The van der Waals surface area contributed by atoms with Gasteiger partial charge in [0.05, 0.1) is 5.54 Å². The minimum absolute atomic E-state index is 0.0625. The van der Waals surface area contributed by atoms with Crippen LogP contribution in [0, 0.1) is 11.6 Å². The van der Waals surface area contributed by atoms with Crippen LogP contribution in [-0.2, 0) is 16.9 Å². The number of benzene rings is 2. The third kappa shape index (κ3) is 4.08. The maximum atomic E-state index is 13.5. The summed E-state index contributed by atoms with van der Waals surface area (Å²) in [6, 6.07) is 12.2. The molecule has 0 radical (unpaired) electrons. The van der Waals surface area contributed by atoms with Crippen molar-refractivity contribution < 1.29 is 13.6 Å². The quantitative estimate of drug-likeness (QED) is 0.486. The van der Waals surface area contributed by atoms with Crippen molar-refractivity contribution in [1.29, 1.82) is 0 Å². The zero-order chi connectivity index (χ0) is 22.2. The summed E-state index contributed by atoms with van der Waals surface area (Å²) in [7, 11) is 0. The van der Waals surface area contributed by atoms with E-state index in [2.05, 4.69) is 25.8 Å². The average molecular weight is 489 g/mol. The summed E-state index contributed by atoms with van der Waals surface area (Å²) >= 11 is 3.34. The van der Waals surface area contributed by atoms with Crippen molar-refractivity contribution in [3.63, 3.8) is 0 Å². The first-order valence-electron chi connectivity index (χ1n) is 10.1. The lowest BCUT2D eigenvalue weighted by atomic mass is 9.98. The molecule has 3 aromatic rings. The van der Waals surface area contributed by atoms with Crippen LogP contribution < -0.4 is 5.32 Å². The third-order valence-corrected chi connectivity index (χ3v) is 5.97. The zero-order valence-corrected chi connectivity index (χ0v) is 18.9. The van der Waals surface area contributed by atoms with E-state index in [0.29, 0.717) is 36.2 Å². The second-order valence-corrected chi connectivity index (χ2v) is 8.76. The molecule has 1 aliphatic heterocycles. The molecule has 1 aromatic heterocycles. The molecule has 2 heterocycles. The fraction of sp³-hybridized carbons (Fsp3) is 0.304. The van der Waals surface area contributed by atoms with Gasteiger partial charge < -0.3 is 14.8 Å². The van der Waals surface area contributed by atoms with E-state index in [0.717, 1.165) is 17.2 Å². The number of aromatic nitrogens is 2. The lowest BCUT2D eigenvalue weighted by Crippen LogP contribution is -2.52. The van der Waals surface area contributed by atoms with Crippen molar-refractivity contribution in [3.05, 3.63) is 66.0 Å². The summed E-state index contributed by atoms with van der Waals surface area (Å²) < 4.78 is 29.0. The standard InChI is InChI=1S/C23H23BrF2N4O/c1-23(2)22-28-20(15-3-5-16(25)6-4-15)21(27-18-9-7-17(26)8-10-18)29(22)13-14-30(23)19(31)11-12-24/h3-10,27H,11-14H2,1-2H3. The van der Waals surface area contributed by atoms with Gasteiger partial charge in [0.2, 0.25) is 5.91 Å². The number of amides is 1. The Morgan fingerprint density at radius 3 is 2.29 bits per heavy atom. The Labute approximate surface area is 188 Å². The molecule has 0 aliphatic carbocycles. The molecule has 31 heavy (non-hydrogen) atoms. The fourth-order valence-electron chi connectivity index (χ4n) is 4.00. The Morgan fingerprint density at radius 1 is 1.06 bits per heavy atom. The molecule has 0 atom stereocenters. The number of halogens is 3. The largest absolute Gasteiger partial charge is 0.340 e. The predicted octanol–water partition coefficient (Wildman–Crippen LogP) is 5.43. The molecule has 0 saturated carbocycles. The molecule has 8 heteroatoms. The van der Waals surface area contributed by atoms with Crippen LogP contribution in [0.15, 0.2) is 48.5 Å². The van der Waals surface area contributed by atoms with Crippen molar-refractivity contribution in [1.82, 2.24) is 14.5 Å². The summed E-state index contributed by atoms with van der Waals surface area (Å²) in [5, 5.41) is 3.96. The predicted molar refractivity (Wildman–Crippen MR) is 120 cm³/mol. The molecule has 0 unspecified atom stereocenters. The van der Waals surface area contributed by atoms with Gasteiger partial charge in [-0.1, -0.05) is 15.9 Å². The van der Waals surface area contributed by atoms with E-state index in [9.17, 15) is 13.6 Å². The number of imidazole rings is 1. The number of hydrogen-bond acceptors (Lipinski definition) is 3. The Balaban J connectivity index is 1.82. The number of alkyl halides is 1. The van der Waals surface area contributed by atoms with Gasteiger partial charge in [0, 0.05) is 36.1 Å². The van der Waals surface area contributed by atoms with Gasteiger partial charge >= 0.3 is 0 Å². The Morgan fingerprint density at radius 2 is 1.68 bits per heavy atom. The number of nitrogens with one attached hydrogen (secondary N) is 1. The molecule has 0 fully saturated rings. The van der Waals surface area contributed by atoms with Crippen molar-refractivity contribution in [2.24, 2.45) is 0 Å². The zero-order valence-electron chi connectivity index (χ0n) is 17.3. The Hall–Kier alpha value is -2.74. The summed E-state index contributed by atoms with van der Waals surface area (Å²) in [5.74, 6) is 0.890. The number of nitrogens with zero attached hydrogens (tertiary/aromatic N) is 3. The molecular weight excluding hydrogens is 466 g/mol. The summed E-state index contributed by atoms with van der Waals surface area (Å²) in [4.78, 5) is 19.5. The van der Waals surface area contributed by atoms with Crippen LogP contribution in [0.2, 0.25) is 0 Å². The van der Waals surface area contributed by atoms with Crippen LogP contribution in [0.1, 0.15) is 26.1 Å². The highest BCUT2D eigenvalue weighted by atomic mass is 79.9. The molecule has 0 bridgehead atoms. The van der Waals surface area contributed by atoms with Gasteiger partial charge in [-0.15, -0.1) is 0 Å². The third-order valence-electron chi connectivity index (χ3n) is 5.57. The average Bonchev–Trinajstić information content (AvgIpc) is 3.10. The molecule has 0 spiro atoms. The minimum atomic E-state index is -0.630. The molecule has 4 rings (SSSR count). The van der Waals surface area contributed by atoms with Gasteiger partial charge in [0.1, 0.15) is 29.0 Å². The number of carbonyl (C=O) groups excluding carboxylic acids is 1.